The normalized spacial score (nSPS) is 12.8. The fourth-order valence-corrected chi connectivity index (χ4v) is 6.05. The zero-order valence-electron chi connectivity index (χ0n) is 25.8. The van der Waals surface area contributed by atoms with Gasteiger partial charge in [0, 0.05) is 32.0 Å². The van der Waals surface area contributed by atoms with Crippen molar-refractivity contribution in [2.45, 2.75) is 78.9 Å². The molecule has 0 aliphatic rings. The lowest BCUT2D eigenvalue weighted by Gasteiger charge is -2.33. The van der Waals surface area contributed by atoms with Crippen molar-refractivity contribution in [3.8, 4) is 0 Å². The summed E-state index contributed by atoms with van der Waals surface area (Å²) in [6, 6.07) is 22.6. The molecule has 0 radical (unpaired) electrons. The molecule has 0 spiro atoms. The second-order valence-electron chi connectivity index (χ2n) is 11.3. The van der Waals surface area contributed by atoms with Crippen molar-refractivity contribution in [2.75, 3.05) is 17.1 Å². The zero-order valence-corrected chi connectivity index (χ0v) is 26.6. The molecule has 0 fully saturated rings. The maximum absolute atomic E-state index is 14.0. The largest absolute Gasteiger partial charge is 0.352 e. The molecular weight excluding hydrogens is 546 g/mol. The number of carbonyl (C=O) groups is 2. The maximum atomic E-state index is 14.0. The highest BCUT2D eigenvalue weighted by Gasteiger charge is 2.31. The quantitative estimate of drug-likeness (QED) is 0.260. The van der Waals surface area contributed by atoms with Gasteiger partial charge in [-0.15, -0.1) is 0 Å². The molecule has 3 rings (SSSR count). The van der Waals surface area contributed by atoms with Gasteiger partial charge in [-0.1, -0.05) is 73.2 Å². The molecular formula is C34H45N3O4S. The van der Waals surface area contributed by atoms with Gasteiger partial charge in [-0.2, -0.15) is 0 Å². The second kappa shape index (κ2) is 15.0. The average molecular weight is 592 g/mol. The maximum Gasteiger partial charge on any atom is 0.243 e. The predicted octanol–water partition coefficient (Wildman–Crippen LogP) is 5.71. The third-order valence-corrected chi connectivity index (χ3v) is 8.55. The highest BCUT2D eigenvalue weighted by Crippen LogP contribution is 2.23. The van der Waals surface area contributed by atoms with Crippen molar-refractivity contribution >= 4 is 27.5 Å². The van der Waals surface area contributed by atoms with E-state index in [2.05, 4.69) is 5.32 Å². The number of sulfonamides is 1. The van der Waals surface area contributed by atoms with Crippen LogP contribution in [0.25, 0.3) is 0 Å². The number of nitrogens with zero attached hydrogens (tertiary/aromatic N) is 2. The summed E-state index contributed by atoms with van der Waals surface area (Å²) >= 11 is 0. The van der Waals surface area contributed by atoms with Crippen LogP contribution in [-0.2, 0) is 32.6 Å². The van der Waals surface area contributed by atoms with E-state index in [1.165, 1.54) is 10.6 Å². The summed E-state index contributed by atoms with van der Waals surface area (Å²) in [5.74, 6) is -0.382. The van der Waals surface area contributed by atoms with Gasteiger partial charge in [-0.05, 0) is 74.9 Å². The van der Waals surface area contributed by atoms with Gasteiger partial charge < -0.3 is 10.2 Å². The molecule has 7 nitrogen and oxygen atoms in total. The minimum absolute atomic E-state index is 0.0344. The Morgan fingerprint density at radius 1 is 0.857 bits per heavy atom. The van der Waals surface area contributed by atoms with E-state index in [1.54, 1.807) is 4.90 Å². The Labute approximate surface area is 252 Å². The smallest absolute Gasteiger partial charge is 0.243 e. The van der Waals surface area contributed by atoms with Crippen molar-refractivity contribution in [3.63, 3.8) is 0 Å². The Morgan fingerprint density at radius 2 is 1.50 bits per heavy atom. The van der Waals surface area contributed by atoms with Crippen molar-refractivity contribution in [1.82, 2.24) is 10.2 Å². The first-order chi connectivity index (χ1) is 19.9. The van der Waals surface area contributed by atoms with Gasteiger partial charge in [0.2, 0.25) is 21.8 Å². The number of nitrogens with one attached hydrogen (secondary N) is 1. The Morgan fingerprint density at radius 3 is 2.10 bits per heavy atom. The van der Waals surface area contributed by atoms with Crippen LogP contribution in [0.4, 0.5) is 5.69 Å². The van der Waals surface area contributed by atoms with E-state index in [0.29, 0.717) is 18.5 Å². The van der Waals surface area contributed by atoms with Crippen molar-refractivity contribution in [2.24, 2.45) is 0 Å². The van der Waals surface area contributed by atoms with Crippen LogP contribution in [0.1, 0.15) is 60.9 Å². The lowest BCUT2D eigenvalue weighted by atomic mass is 10.0. The predicted molar refractivity (Wildman–Crippen MR) is 171 cm³/mol. The van der Waals surface area contributed by atoms with Gasteiger partial charge in [0.1, 0.15) is 6.04 Å². The third kappa shape index (κ3) is 9.72. The van der Waals surface area contributed by atoms with Gasteiger partial charge in [0.15, 0.2) is 0 Å². The first-order valence-electron chi connectivity index (χ1n) is 14.6. The summed E-state index contributed by atoms with van der Waals surface area (Å²) in [5.41, 5.74) is 5.49. The number of amides is 2. The number of aryl methyl sites for hydroxylation is 3. The van der Waals surface area contributed by atoms with Crippen LogP contribution in [0, 0.1) is 20.8 Å². The lowest BCUT2D eigenvalue weighted by molar-refractivity contribution is -0.141. The fourth-order valence-electron chi connectivity index (χ4n) is 5.10. The molecule has 0 bridgehead atoms. The number of hydrogen-bond donors (Lipinski definition) is 1. The first kappa shape index (κ1) is 32.9. The monoisotopic (exact) mass is 591 g/mol. The molecule has 0 saturated carbocycles. The van der Waals surface area contributed by atoms with Gasteiger partial charge in [0.25, 0.3) is 0 Å². The molecule has 2 atom stereocenters. The van der Waals surface area contributed by atoms with E-state index in [9.17, 15) is 18.0 Å². The molecule has 0 heterocycles. The molecule has 3 aromatic carbocycles. The number of hydrogen-bond acceptors (Lipinski definition) is 4. The average Bonchev–Trinajstić information content (AvgIpc) is 2.92. The van der Waals surface area contributed by atoms with Crippen molar-refractivity contribution in [3.05, 3.63) is 101 Å². The molecule has 2 amide bonds. The Kier molecular flexibility index (Phi) is 11.7. The van der Waals surface area contributed by atoms with Crippen LogP contribution in [0.3, 0.4) is 0 Å². The summed E-state index contributed by atoms with van der Waals surface area (Å²) in [6.07, 6.45) is 2.75. The zero-order chi connectivity index (χ0) is 30.9. The molecule has 2 unspecified atom stereocenters. The molecule has 0 aliphatic carbocycles. The van der Waals surface area contributed by atoms with E-state index in [-0.39, 0.29) is 37.4 Å². The van der Waals surface area contributed by atoms with Gasteiger partial charge in [-0.3, -0.25) is 13.9 Å². The Hall–Kier alpha value is -3.65. The van der Waals surface area contributed by atoms with Gasteiger partial charge in [-0.25, -0.2) is 8.42 Å². The first-order valence-corrected chi connectivity index (χ1v) is 16.5. The molecule has 0 aliphatic heterocycles. The lowest BCUT2D eigenvalue weighted by Crippen LogP contribution is -2.52. The van der Waals surface area contributed by atoms with Crippen molar-refractivity contribution < 1.29 is 18.0 Å². The molecule has 3 aromatic rings. The van der Waals surface area contributed by atoms with Gasteiger partial charge in [0.05, 0.1) is 11.9 Å². The van der Waals surface area contributed by atoms with E-state index < -0.39 is 16.1 Å². The van der Waals surface area contributed by atoms with Crippen molar-refractivity contribution in [1.29, 1.82) is 0 Å². The summed E-state index contributed by atoms with van der Waals surface area (Å²) in [6.45, 7) is 10.3. The third-order valence-electron chi connectivity index (χ3n) is 7.35. The Balaban J connectivity index is 1.90. The minimum atomic E-state index is -3.57. The van der Waals surface area contributed by atoms with Crippen LogP contribution >= 0.6 is 0 Å². The fraction of sp³-hybridized carbons (Fsp3) is 0.412. The molecule has 8 heteroatoms. The Bertz CT molecular complexity index is 1440. The highest BCUT2D eigenvalue weighted by molar-refractivity contribution is 7.92. The standard InChI is InChI=1S/C34H45N3O4S/c1-7-28(5)35-34(39)32(23-29-14-9-8-10-15-29)36(24-30-16-11-13-25(2)20-30)33(38)17-12-18-37(42(6,40)41)31-21-26(3)19-27(4)22-31/h8-11,13-16,19-22,28,32H,7,12,17-18,23-24H2,1-6H3,(H,35,39). The molecule has 1 N–H and O–H groups in total. The summed E-state index contributed by atoms with van der Waals surface area (Å²) < 4.78 is 26.9. The highest BCUT2D eigenvalue weighted by atomic mass is 32.2. The van der Waals surface area contributed by atoms with E-state index in [4.69, 9.17) is 0 Å². The molecule has 226 valence electrons. The van der Waals surface area contributed by atoms with E-state index >= 15 is 0 Å². The van der Waals surface area contributed by atoms with E-state index in [1.807, 2.05) is 107 Å². The molecule has 0 aromatic heterocycles. The molecule has 42 heavy (non-hydrogen) atoms. The topological polar surface area (TPSA) is 86.8 Å². The number of benzene rings is 3. The summed E-state index contributed by atoms with van der Waals surface area (Å²) in [4.78, 5) is 29.3. The summed E-state index contributed by atoms with van der Waals surface area (Å²) in [5, 5.41) is 3.09. The van der Waals surface area contributed by atoms with Crippen LogP contribution in [0.15, 0.2) is 72.8 Å². The van der Waals surface area contributed by atoms with E-state index in [0.717, 1.165) is 34.2 Å². The van der Waals surface area contributed by atoms with Gasteiger partial charge >= 0.3 is 0 Å². The number of carbonyl (C=O) groups excluding carboxylic acids is 2. The van der Waals surface area contributed by atoms with Crippen LogP contribution < -0.4 is 9.62 Å². The van der Waals surface area contributed by atoms with Crippen LogP contribution in [0.5, 0.6) is 0 Å². The molecule has 0 saturated heterocycles. The minimum Gasteiger partial charge on any atom is -0.352 e. The second-order valence-corrected chi connectivity index (χ2v) is 13.2. The SMILES string of the molecule is CCC(C)NC(=O)C(Cc1ccccc1)N(Cc1cccc(C)c1)C(=O)CCCN(c1cc(C)cc(C)c1)S(C)(=O)=O. The van der Waals surface area contributed by atoms with Crippen LogP contribution in [-0.4, -0.2) is 50.0 Å². The number of anilines is 1. The number of rotatable bonds is 14. The summed E-state index contributed by atoms with van der Waals surface area (Å²) in [7, 11) is -3.57. The van der Waals surface area contributed by atoms with Crippen LogP contribution in [0.2, 0.25) is 0 Å².